The summed E-state index contributed by atoms with van der Waals surface area (Å²) in [7, 11) is 0. The molecule has 4 nitrogen and oxygen atoms in total. The van der Waals surface area contributed by atoms with Crippen LogP contribution >= 0.6 is 11.8 Å². The molecule has 0 spiro atoms. The van der Waals surface area contributed by atoms with Crippen LogP contribution in [0.1, 0.15) is 11.3 Å². The molecular formula is C15H12O4S. The monoisotopic (exact) mass is 288 g/mol. The molecule has 2 aromatic heterocycles. The topological polar surface area (TPSA) is 63.6 Å². The van der Waals surface area contributed by atoms with Crippen molar-refractivity contribution in [3.8, 4) is 5.75 Å². The molecule has 0 saturated heterocycles. The first-order valence-corrected chi connectivity index (χ1v) is 7.24. The van der Waals surface area contributed by atoms with Gasteiger partial charge in [-0.15, -0.1) is 11.8 Å². The van der Waals surface area contributed by atoms with Crippen molar-refractivity contribution >= 4 is 22.7 Å². The average molecular weight is 288 g/mol. The SMILES string of the molecule is O=c1cc(CSCc2ccco2)c2ccc(O)cc2o1. The van der Waals surface area contributed by atoms with Crippen LogP contribution in [-0.2, 0) is 11.5 Å². The van der Waals surface area contributed by atoms with Crippen molar-refractivity contribution in [2.24, 2.45) is 0 Å². The summed E-state index contributed by atoms with van der Waals surface area (Å²) in [5, 5.41) is 10.3. The highest BCUT2D eigenvalue weighted by Gasteiger charge is 2.07. The lowest BCUT2D eigenvalue weighted by Gasteiger charge is -2.05. The number of benzene rings is 1. The number of thioether (sulfide) groups is 1. The van der Waals surface area contributed by atoms with Gasteiger partial charge in [0.15, 0.2) is 0 Å². The molecule has 1 aromatic carbocycles. The van der Waals surface area contributed by atoms with Gasteiger partial charge < -0.3 is 13.9 Å². The van der Waals surface area contributed by atoms with E-state index >= 15 is 0 Å². The number of aromatic hydroxyl groups is 1. The van der Waals surface area contributed by atoms with E-state index in [0.29, 0.717) is 11.3 Å². The molecule has 0 amide bonds. The van der Waals surface area contributed by atoms with E-state index in [0.717, 1.165) is 22.5 Å². The van der Waals surface area contributed by atoms with E-state index < -0.39 is 5.63 Å². The molecule has 0 fully saturated rings. The molecule has 0 radical (unpaired) electrons. The Kier molecular flexibility index (Phi) is 3.52. The molecule has 102 valence electrons. The first-order valence-electron chi connectivity index (χ1n) is 6.08. The Morgan fingerprint density at radius 3 is 2.85 bits per heavy atom. The summed E-state index contributed by atoms with van der Waals surface area (Å²) < 4.78 is 10.4. The van der Waals surface area contributed by atoms with Gasteiger partial charge in [0, 0.05) is 23.3 Å². The molecule has 0 atom stereocenters. The predicted octanol–water partition coefficient (Wildman–Crippen LogP) is 3.53. The normalized spacial score (nSPS) is 11.0. The zero-order valence-electron chi connectivity index (χ0n) is 10.5. The van der Waals surface area contributed by atoms with Crippen molar-refractivity contribution in [2.75, 3.05) is 0 Å². The zero-order chi connectivity index (χ0) is 13.9. The number of phenolic OH excluding ortho intramolecular Hbond substituents is 1. The molecule has 0 aliphatic carbocycles. The van der Waals surface area contributed by atoms with Crippen molar-refractivity contribution in [3.05, 3.63) is 64.4 Å². The number of hydrogen-bond donors (Lipinski definition) is 1. The van der Waals surface area contributed by atoms with Gasteiger partial charge in [-0.05, 0) is 29.8 Å². The lowest BCUT2D eigenvalue weighted by Crippen LogP contribution is -1.99. The molecule has 0 aliphatic rings. The second-order valence-electron chi connectivity index (χ2n) is 4.34. The third-order valence-corrected chi connectivity index (χ3v) is 3.90. The largest absolute Gasteiger partial charge is 0.508 e. The number of rotatable bonds is 4. The van der Waals surface area contributed by atoms with Crippen LogP contribution in [0.5, 0.6) is 5.75 Å². The lowest BCUT2D eigenvalue weighted by atomic mass is 10.1. The van der Waals surface area contributed by atoms with Crippen molar-refractivity contribution in [1.29, 1.82) is 0 Å². The highest BCUT2D eigenvalue weighted by atomic mass is 32.2. The van der Waals surface area contributed by atoms with Gasteiger partial charge in [0.2, 0.25) is 0 Å². The van der Waals surface area contributed by atoms with Crippen LogP contribution in [0, 0.1) is 0 Å². The fourth-order valence-electron chi connectivity index (χ4n) is 1.99. The maximum atomic E-state index is 11.5. The van der Waals surface area contributed by atoms with Crippen molar-refractivity contribution in [1.82, 2.24) is 0 Å². The first-order chi connectivity index (χ1) is 9.72. The standard InChI is InChI=1S/C15H12O4S/c16-11-3-4-13-10(6-15(17)19-14(13)7-11)8-20-9-12-2-1-5-18-12/h1-7,16H,8-9H2. The molecule has 1 N–H and O–H groups in total. The summed E-state index contributed by atoms with van der Waals surface area (Å²) in [6.07, 6.45) is 1.64. The summed E-state index contributed by atoms with van der Waals surface area (Å²) in [4.78, 5) is 11.5. The van der Waals surface area contributed by atoms with Gasteiger partial charge >= 0.3 is 5.63 Å². The molecule has 0 bridgehead atoms. The highest BCUT2D eigenvalue weighted by Crippen LogP contribution is 2.25. The van der Waals surface area contributed by atoms with Gasteiger partial charge in [0.25, 0.3) is 0 Å². The van der Waals surface area contributed by atoms with Gasteiger partial charge in [0.05, 0.1) is 12.0 Å². The van der Waals surface area contributed by atoms with Crippen LogP contribution in [0.15, 0.2) is 56.3 Å². The molecule has 3 rings (SSSR count). The van der Waals surface area contributed by atoms with Crippen LogP contribution in [-0.4, -0.2) is 5.11 Å². The Morgan fingerprint density at radius 2 is 2.05 bits per heavy atom. The lowest BCUT2D eigenvalue weighted by molar-refractivity contribution is 0.473. The van der Waals surface area contributed by atoms with Gasteiger partial charge in [-0.3, -0.25) is 0 Å². The van der Waals surface area contributed by atoms with Crippen LogP contribution in [0.3, 0.4) is 0 Å². The first kappa shape index (κ1) is 12.9. The average Bonchev–Trinajstić information content (AvgIpc) is 2.91. The molecule has 0 unspecified atom stereocenters. The minimum absolute atomic E-state index is 0.0843. The Labute approximate surface area is 119 Å². The molecule has 5 heteroatoms. The fraction of sp³-hybridized carbons (Fsp3) is 0.133. The zero-order valence-corrected chi connectivity index (χ0v) is 11.4. The van der Waals surface area contributed by atoms with Gasteiger partial charge in [-0.1, -0.05) is 0 Å². The molecular weight excluding hydrogens is 276 g/mol. The van der Waals surface area contributed by atoms with E-state index in [1.165, 1.54) is 12.1 Å². The number of hydrogen-bond acceptors (Lipinski definition) is 5. The highest BCUT2D eigenvalue weighted by molar-refractivity contribution is 7.97. The third kappa shape index (κ3) is 2.72. The van der Waals surface area contributed by atoms with Crippen LogP contribution < -0.4 is 5.63 Å². The Balaban J connectivity index is 1.85. The predicted molar refractivity (Wildman–Crippen MR) is 77.9 cm³/mol. The Morgan fingerprint density at radius 1 is 1.15 bits per heavy atom. The molecule has 3 aromatic rings. The summed E-state index contributed by atoms with van der Waals surface area (Å²) in [6.45, 7) is 0. The quantitative estimate of drug-likeness (QED) is 0.744. The van der Waals surface area contributed by atoms with Gasteiger partial charge in [0.1, 0.15) is 17.1 Å². The van der Waals surface area contributed by atoms with Gasteiger partial charge in [-0.25, -0.2) is 4.79 Å². The number of fused-ring (bicyclic) bond motifs is 1. The summed E-state index contributed by atoms with van der Waals surface area (Å²) in [6, 6.07) is 10.1. The van der Waals surface area contributed by atoms with E-state index in [9.17, 15) is 9.90 Å². The fourth-order valence-corrected chi connectivity index (χ4v) is 2.92. The van der Waals surface area contributed by atoms with Gasteiger partial charge in [-0.2, -0.15) is 0 Å². The minimum atomic E-state index is -0.406. The molecule has 0 saturated carbocycles. The van der Waals surface area contributed by atoms with Crippen molar-refractivity contribution in [2.45, 2.75) is 11.5 Å². The maximum absolute atomic E-state index is 11.5. The molecule has 20 heavy (non-hydrogen) atoms. The second-order valence-corrected chi connectivity index (χ2v) is 5.33. The summed E-state index contributed by atoms with van der Waals surface area (Å²) in [5.41, 5.74) is 0.899. The van der Waals surface area contributed by atoms with Crippen LogP contribution in [0.2, 0.25) is 0 Å². The van der Waals surface area contributed by atoms with Crippen LogP contribution in [0.25, 0.3) is 11.0 Å². The van der Waals surface area contributed by atoms with E-state index in [-0.39, 0.29) is 5.75 Å². The van der Waals surface area contributed by atoms with Crippen molar-refractivity contribution < 1.29 is 13.9 Å². The third-order valence-electron chi connectivity index (χ3n) is 2.90. The minimum Gasteiger partial charge on any atom is -0.508 e. The van der Waals surface area contributed by atoms with Crippen LogP contribution in [0.4, 0.5) is 0 Å². The number of phenols is 1. The maximum Gasteiger partial charge on any atom is 0.336 e. The van der Waals surface area contributed by atoms with E-state index in [1.807, 2.05) is 12.1 Å². The molecule has 0 aliphatic heterocycles. The van der Waals surface area contributed by atoms with E-state index in [2.05, 4.69) is 0 Å². The summed E-state index contributed by atoms with van der Waals surface area (Å²) >= 11 is 1.66. The smallest absolute Gasteiger partial charge is 0.336 e. The van der Waals surface area contributed by atoms with E-state index in [4.69, 9.17) is 8.83 Å². The second kappa shape index (κ2) is 5.46. The molecule has 2 heterocycles. The Hall–Kier alpha value is -2.14. The summed E-state index contributed by atoms with van der Waals surface area (Å²) in [5.74, 6) is 2.40. The number of furan rings is 1. The van der Waals surface area contributed by atoms with E-state index in [1.54, 1.807) is 30.2 Å². The van der Waals surface area contributed by atoms with Crippen molar-refractivity contribution in [3.63, 3.8) is 0 Å². The Bertz CT molecular complexity index is 774.